The zero-order valence-electron chi connectivity index (χ0n) is 9.28. The number of phenolic OH excluding ortho intramolecular Hbond substituents is 1. The van der Waals surface area contributed by atoms with E-state index >= 15 is 0 Å². The topological polar surface area (TPSA) is 46.2 Å². The van der Waals surface area contributed by atoms with Crippen molar-refractivity contribution in [1.29, 1.82) is 0 Å². The summed E-state index contributed by atoms with van der Waals surface area (Å²) in [7, 11) is 0. The highest BCUT2D eigenvalue weighted by molar-refractivity contribution is 5.85. The number of nitrogens with two attached hydrogens (primary N) is 1. The average Bonchev–Trinajstić information content (AvgIpc) is 2.27. The predicted molar refractivity (Wildman–Crippen MR) is 67.3 cm³/mol. The maximum atomic E-state index is 9.86. The van der Waals surface area contributed by atoms with Crippen molar-refractivity contribution < 1.29 is 5.11 Å². The van der Waals surface area contributed by atoms with Gasteiger partial charge in [0.1, 0.15) is 5.75 Å². The van der Waals surface area contributed by atoms with E-state index in [2.05, 4.69) is 6.07 Å². The third-order valence-electron chi connectivity index (χ3n) is 4.00. The molecular weight excluding hydrogens is 222 g/mol. The lowest BCUT2D eigenvalue weighted by atomic mass is 9.71. The molecule has 2 unspecified atom stereocenters. The molecule has 2 atom stereocenters. The summed E-state index contributed by atoms with van der Waals surface area (Å²) in [6, 6.07) is 4.24. The van der Waals surface area contributed by atoms with E-state index in [4.69, 9.17) is 5.73 Å². The van der Waals surface area contributed by atoms with Crippen LogP contribution in [0, 0.1) is 0 Å². The molecule has 0 spiro atoms. The molecule has 0 saturated carbocycles. The van der Waals surface area contributed by atoms with E-state index in [1.807, 2.05) is 6.07 Å². The van der Waals surface area contributed by atoms with E-state index in [0.717, 1.165) is 19.3 Å². The molecule has 0 bridgehead atoms. The summed E-state index contributed by atoms with van der Waals surface area (Å²) in [5.74, 6) is 0.983. The van der Waals surface area contributed by atoms with Crippen LogP contribution < -0.4 is 5.73 Å². The van der Waals surface area contributed by atoms with E-state index in [-0.39, 0.29) is 12.4 Å². The van der Waals surface area contributed by atoms with Crippen LogP contribution in [-0.2, 0) is 12.8 Å². The third kappa shape index (κ3) is 1.61. The minimum absolute atomic E-state index is 0. The zero-order valence-corrected chi connectivity index (χ0v) is 10.1. The van der Waals surface area contributed by atoms with E-state index in [9.17, 15) is 5.11 Å². The second-order valence-electron chi connectivity index (χ2n) is 4.84. The first-order valence-electron chi connectivity index (χ1n) is 5.86. The Morgan fingerprint density at radius 3 is 2.81 bits per heavy atom. The molecule has 16 heavy (non-hydrogen) atoms. The van der Waals surface area contributed by atoms with Gasteiger partial charge in [-0.05, 0) is 60.8 Å². The van der Waals surface area contributed by atoms with Gasteiger partial charge in [-0.1, -0.05) is 6.07 Å². The highest BCUT2D eigenvalue weighted by Gasteiger charge is 2.32. The number of rotatable bonds is 0. The minimum Gasteiger partial charge on any atom is -0.508 e. The fraction of sp³-hybridized carbons (Fsp3) is 0.538. The van der Waals surface area contributed by atoms with Gasteiger partial charge in [0.25, 0.3) is 0 Å². The maximum absolute atomic E-state index is 9.86. The van der Waals surface area contributed by atoms with Gasteiger partial charge in [0.2, 0.25) is 0 Å². The Labute approximate surface area is 102 Å². The second-order valence-corrected chi connectivity index (χ2v) is 4.84. The van der Waals surface area contributed by atoms with Crippen molar-refractivity contribution >= 4 is 12.4 Å². The summed E-state index contributed by atoms with van der Waals surface area (Å²) in [5, 5.41) is 9.86. The number of phenols is 1. The van der Waals surface area contributed by atoms with Gasteiger partial charge in [-0.25, -0.2) is 0 Å². The van der Waals surface area contributed by atoms with Crippen LogP contribution in [0.1, 0.15) is 41.9 Å². The van der Waals surface area contributed by atoms with Crippen LogP contribution in [0.4, 0.5) is 0 Å². The van der Waals surface area contributed by atoms with Gasteiger partial charge in [0, 0.05) is 6.04 Å². The number of benzene rings is 1. The van der Waals surface area contributed by atoms with Gasteiger partial charge in [-0.3, -0.25) is 0 Å². The van der Waals surface area contributed by atoms with Crippen LogP contribution in [0.5, 0.6) is 5.75 Å². The van der Waals surface area contributed by atoms with Crippen LogP contribution in [0.2, 0.25) is 0 Å². The Bertz CT molecular complexity index is 405. The summed E-state index contributed by atoms with van der Waals surface area (Å²) >= 11 is 0. The Balaban J connectivity index is 0.000000963. The number of aromatic hydroxyl groups is 1. The molecule has 88 valence electrons. The molecule has 0 saturated heterocycles. The van der Waals surface area contributed by atoms with E-state index in [1.54, 1.807) is 0 Å². The van der Waals surface area contributed by atoms with Gasteiger partial charge < -0.3 is 10.8 Å². The number of hydrogen-bond donors (Lipinski definition) is 2. The van der Waals surface area contributed by atoms with Crippen LogP contribution in [0.3, 0.4) is 0 Å². The van der Waals surface area contributed by atoms with Gasteiger partial charge in [-0.2, -0.15) is 0 Å². The monoisotopic (exact) mass is 239 g/mol. The van der Waals surface area contributed by atoms with Crippen molar-refractivity contribution in [3.05, 3.63) is 28.8 Å². The van der Waals surface area contributed by atoms with Crippen molar-refractivity contribution in [1.82, 2.24) is 0 Å². The molecule has 2 aliphatic rings. The molecule has 0 heterocycles. The highest BCUT2D eigenvalue weighted by Crippen LogP contribution is 2.43. The molecule has 0 amide bonds. The standard InChI is InChI=1S/C13H17NO.ClH/c14-11-6-4-8-5-7-12(15)10-3-1-2-9(11)13(8)10;/h5,7,9,11,15H,1-4,6,14H2;1H. The van der Waals surface area contributed by atoms with Gasteiger partial charge in [-0.15, -0.1) is 12.4 Å². The maximum Gasteiger partial charge on any atom is 0.119 e. The molecule has 0 fully saturated rings. The molecule has 0 aromatic heterocycles. The summed E-state index contributed by atoms with van der Waals surface area (Å²) < 4.78 is 0. The van der Waals surface area contributed by atoms with E-state index < -0.39 is 0 Å². The smallest absolute Gasteiger partial charge is 0.119 e. The summed E-state index contributed by atoms with van der Waals surface area (Å²) in [6.45, 7) is 0. The van der Waals surface area contributed by atoms with Gasteiger partial charge >= 0.3 is 0 Å². The summed E-state index contributed by atoms with van der Waals surface area (Å²) in [6.07, 6.45) is 5.58. The number of aryl methyl sites for hydroxylation is 1. The molecule has 3 heteroatoms. The number of halogens is 1. The SMILES string of the molecule is Cl.NC1CCc2ccc(O)c3c2C1CCC3. The molecular formula is C13H18ClNO. The second kappa shape index (κ2) is 4.27. The van der Waals surface area contributed by atoms with Crippen molar-refractivity contribution in [2.24, 2.45) is 5.73 Å². The Kier molecular flexibility index (Phi) is 3.13. The zero-order chi connectivity index (χ0) is 10.4. The lowest BCUT2D eigenvalue weighted by molar-refractivity contribution is 0.401. The van der Waals surface area contributed by atoms with Crippen LogP contribution in [-0.4, -0.2) is 11.1 Å². The van der Waals surface area contributed by atoms with E-state index in [1.165, 1.54) is 29.5 Å². The van der Waals surface area contributed by atoms with Crippen molar-refractivity contribution in [3.63, 3.8) is 0 Å². The van der Waals surface area contributed by atoms with Crippen LogP contribution >= 0.6 is 12.4 Å². The Morgan fingerprint density at radius 1 is 1.19 bits per heavy atom. The summed E-state index contributed by atoms with van der Waals surface area (Å²) in [5.41, 5.74) is 10.2. The first-order valence-corrected chi connectivity index (χ1v) is 5.86. The van der Waals surface area contributed by atoms with Gasteiger partial charge in [0.05, 0.1) is 0 Å². The fourth-order valence-electron chi connectivity index (χ4n) is 3.24. The first kappa shape index (κ1) is 11.7. The Morgan fingerprint density at radius 2 is 2.00 bits per heavy atom. The van der Waals surface area contributed by atoms with Crippen molar-refractivity contribution in [3.8, 4) is 5.75 Å². The fourth-order valence-corrected chi connectivity index (χ4v) is 3.24. The first-order chi connectivity index (χ1) is 7.27. The summed E-state index contributed by atoms with van der Waals surface area (Å²) in [4.78, 5) is 0. The van der Waals surface area contributed by atoms with Crippen molar-refractivity contribution in [2.45, 2.75) is 44.1 Å². The molecule has 3 rings (SSSR count). The molecule has 0 aliphatic heterocycles. The molecule has 2 nitrogen and oxygen atoms in total. The van der Waals surface area contributed by atoms with Gasteiger partial charge in [0.15, 0.2) is 0 Å². The van der Waals surface area contributed by atoms with Crippen molar-refractivity contribution in [2.75, 3.05) is 0 Å². The Hall–Kier alpha value is -0.730. The normalized spacial score (nSPS) is 26.8. The van der Waals surface area contributed by atoms with Crippen LogP contribution in [0.25, 0.3) is 0 Å². The molecule has 3 N–H and O–H groups in total. The minimum atomic E-state index is 0. The molecule has 2 aliphatic carbocycles. The third-order valence-corrected chi connectivity index (χ3v) is 4.00. The highest BCUT2D eigenvalue weighted by atomic mass is 35.5. The lowest BCUT2D eigenvalue weighted by Gasteiger charge is -2.36. The predicted octanol–water partition coefficient (Wildman–Crippen LogP) is 2.51. The molecule has 1 aromatic carbocycles. The number of hydrogen-bond acceptors (Lipinski definition) is 2. The molecule has 0 radical (unpaired) electrons. The molecule has 1 aromatic rings. The quantitative estimate of drug-likeness (QED) is 0.731. The van der Waals surface area contributed by atoms with Crippen LogP contribution in [0.15, 0.2) is 12.1 Å². The average molecular weight is 240 g/mol. The lowest BCUT2D eigenvalue weighted by Crippen LogP contribution is -2.35. The largest absolute Gasteiger partial charge is 0.508 e. The van der Waals surface area contributed by atoms with E-state index in [0.29, 0.717) is 17.7 Å².